The number of nitrogens with one attached hydrogen (secondary N) is 1. The zero-order valence-electron chi connectivity index (χ0n) is 15.5. The molecule has 0 fully saturated rings. The van der Waals surface area contributed by atoms with E-state index >= 15 is 0 Å². The molecule has 3 rings (SSSR count). The summed E-state index contributed by atoms with van der Waals surface area (Å²) in [6, 6.07) is 0.333. The average molecular weight is 345 g/mol. The van der Waals surface area contributed by atoms with Crippen molar-refractivity contribution in [3.05, 3.63) is 29.2 Å². The van der Waals surface area contributed by atoms with Crippen molar-refractivity contribution in [2.45, 2.75) is 77.8 Å². The van der Waals surface area contributed by atoms with Crippen molar-refractivity contribution in [2.24, 2.45) is 0 Å². The topological polar surface area (TPSA) is 85.8 Å². The molecule has 2 heterocycles. The Morgan fingerprint density at radius 3 is 2.88 bits per heavy atom. The quantitative estimate of drug-likeness (QED) is 0.869. The van der Waals surface area contributed by atoms with Crippen LogP contribution in [0, 0.1) is 0 Å². The van der Waals surface area contributed by atoms with E-state index in [1.54, 1.807) is 0 Å². The Morgan fingerprint density at radius 2 is 2.20 bits per heavy atom. The Hall–Kier alpha value is -2.18. The molecule has 1 aliphatic carbocycles. The van der Waals surface area contributed by atoms with Crippen LogP contribution < -0.4 is 5.32 Å². The van der Waals surface area contributed by atoms with E-state index in [2.05, 4.69) is 40.6 Å². The highest BCUT2D eigenvalue weighted by Crippen LogP contribution is 2.29. The number of hydrogen-bond donors (Lipinski definition) is 1. The van der Waals surface area contributed by atoms with Gasteiger partial charge in [-0.15, -0.1) is 0 Å². The summed E-state index contributed by atoms with van der Waals surface area (Å²) in [6.07, 6.45) is 5.97. The lowest BCUT2D eigenvalue weighted by molar-refractivity contribution is -0.122. The summed E-state index contributed by atoms with van der Waals surface area (Å²) in [5.74, 6) is 1.43. The first kappa shape index (κ1) is 17.6. The van der Waals surface area contributed by atoms with Gasteiger partial charge in [0.1, 0.15) is 0 Å². The van der Waals surface area contributed by atoms with Crippen LogP contribution in [0.25, 0.3) is 0 Å². The second-order valence-corrected chi connectivity index (χ2v) is 7.33. The van der Waals surface area contributed by atoms with Gasteiger partial charge in [0.25, 0.3) is 0 Å². The molecule has 2 aromatic heterocycles. The summed E-state index contributed by atoms with van der Waals surface area (Å²) < 4.78 is 7.18. The minimum atomic E-state index is 0.00115. The van der Waals surface area contributed by atoms with E-state index in [1.165, 1.54) is 5.56 Å². The highest BCUT2D eigenvalue weighted by molar-refractivity contribution is 5.76. The van der Waals surface area contributed by atoms with Crippen molar-refractivity contribution in [1.29, 1.82) is 0 Å². The minimum absolute atomic E-state index is 0.00115. The van der Waals surface area contributed by atoms with Gasteiger partial charge >= 0.3 is 0 Å². The van der Waals surface area contributed by atoms with Gasteiger partial charge in [-0.3, -0.25) is 9.48 Å². The van der Waals surface area contributed by atoms with Gasteiger partial charge < -0.3 is 9.84 Å². The van der Waals surface area contributed by atoms with Crippen molar-refractivity contribution < 1.29 is 9.32 Å². The second kappa shape index (κ2) is 7.37. The van der Waals surface area contributed by atoms with E-state index in [0.29, 0.717) is 30.6 Å². The van der Waals surface area contributed by atoms with E-state index in [0.717, 1.165) is 25.0 Å². The Balaban J connectivity index is 1.58. The highest BCUT2D eigenvalue weighted by atomic mass is 16.5. The molecule has 1 amide bonds. The van der Waals surface area contributed by atoms with E-state index in [4.69, 9.17) is 4.52 Å². The number of fused-ring (bicyclic) bond motifs is 1. The molecule has 7 nitrogen and oxygen atoms in total. The van der Waals surface area contributed by atoms with Crippen molar-refractivity contribution in [2.75, 3.05) is 0 Å². The molecule has 136 valence electrons. The van der Waals surface area contributed by atoms with E-state index in [1.807, 2.05) is 18.5 Å². The third kappa shape index (κ3) is 4.08. The minimum Gasteiger partial charge on any atom is -0.348 e. The first-order valence-electron chi connectivity index (χ1n) is 9.13. The Kier molecular flexibility index (Phi) is 5.20. The largest absolute Gasteiger partial charge is 0.348 e. The molecule has 25 heavy (non-hydrogen) atoms. The molecule has 1 N–H and O–H groups in total. The fourth-order valence-corrected chi connectivity index (χ4v) is 3.06. The smallest absolute Gasteiger partial charge is 0.227 e. The fraction of sp³-hybridized carbons (Fsp3) is 0.667. The van der Waals surface area contributed by atoms with Crippen molar-refractivity contribution in [1.82, 2.24) is 25.2 Å². The molecule has 0 aromatic carbocycles. The molecule has 0 spiro atoms. The third-order valence-electron chi connectivity index (χ3n) is 4.54. The van der Waals surface area contributed by atoms with Crippen LogP contribution in [0.15, 0.2) is 10.7 Å². The van der Waals surface area contributed by atoms with Gasteiger partial charge in [-0.1, -0.05) is 19.0 Å². The molecule has 0 unspecified atom stereocenters. The monoisotopic (exact) mass is 345 g/mol. The van der Waals surface area contributed by atoms with Crippen LogP contribution in [0.3, 0.4) is 0 Å². The SMILES string of the molecule is CC(C)c1noc(CCC(=O)N[C@@H]2CCCc3cn(C(C)C)nc32)n1. The highest BCUT2D eigenvalue weighted by Gasteiger charge is 2.25. The lowest BCUT2D eigenvalue weighted by Crippen LogP contribution is -2.31. The molecule has 1 aliphatic rings. The number of rotatable bonds is 6. The maximum absolute atomic E-state index is 12.3. The molecule has 2 aromatic rings. The first-order chi connectivity index (χ1) is 11.9. The van der Waals surface area contributed by atoms with E-state index in [-0.39, 0.29) is 17.9 Å². The zero-order valence-corrected chi connectivity index (χ0v) is 15.5. The number of carbonyl (C=O) groups excluding carboxylic acids is 1. The lowest BCUT2D eigenvalue weighted by Gasteiger charge is -2.22. The van der Waals surface area contributed by atoms with Gasteiger partial charge in [0.15, 0.2) is 5.82 Å². The van der Waals surface area contributed by atoms with Crippen molar-refractivity contribution in [3.63, 3.8) is 0 Å². The molecule has 7 heteroatoms. The Morgan fingerprint density at radius 1 is 1.40 bits per heavy atom. The Bertz CT molecular complexity index is 732. The van der Waals surface area contributed by atoms with Crippen molar-refractivity contribution in [3.8, 4) is 0 Å². The van der Waals surface area contributed by atoms with Gasteiger partial charge in [-0.2, -0.15) is 10.1 Å². The van der Waals surface area contributed by atoms with E-state index < -0.39 is 0 Å². The summed E-state index contributed by atoms with van der Waals surface area (Å²) in [6.45, 7) is 8.25. The fourth-order valence-electron chi connectivity index (χ4n) is 3.06. The van der Waals surface area contributed by atoms with Crippen LogP contribution in [-0.2, 0) is 17.6 Å². The number of amides is 1. The van der Waals surface area contributed by atoms with Crippen LogP contribution in [0.1, 0.15) is 87.9 Å². The van der Waals surface area contributed by atoms with Crippen LogP contribution in [-0.4, -0.2) is 25.8 Å². The van der Waals surface area contributed by atoms with Gasteiger partial charge in [-0.25, -0.2) is 0 Å². The number of aromatic nitrogens is 4. The molecular formula is C18H27N5O2. The molecule has 0 saturated carbocycles. The predicted molar refractivity (Wildman–Crippen MR) is 93.1 cm³/mol. The summed E-state index contributed by atoms with van der Waals surface area (Å²) in [7, 11) is 0. The van der Waals surface area contributed by atoms with Crippen LogP contribution >= 0.6 is 0 Å². The van der Waals surface area contributed by atoms with Gasteiger partial charge in [-0.05, 0) is 38.7 Å². The van der Waals surface area contributed by atoms with Crippen LogP contribution in [0.5, 0.6) is 0 Å². The van der Waals surface area contributed by atoms with Crippen LogP contribution in [0.2, 0.25) is 0 Å². The summed E-state index contributed by atoms with van der Waals surface area (Å²) in [5.41, 5.74) is 2.27. The third-order valence-corrected chi connectivity index (χ3v) is 4.54. The van der Waals surface area contributed by atoms with Gasteiger partial charge in [0.2, 0.25) is 11.8 Å². The van der Waals surface area contributed by atoms with Gasteiger partial charge in [0, 0.05) is 31.0 Å². The number of hydrogen-bond acceptors (Lipinski definition) is 5. The van der Waals surface area contributed by atoms with Crippen LogP contribution in [0.4, 0.5) is 0 Å². The van der Waals surface area contributed by atoms with Gasteiger partial charge in [0.05, 0.1) is 11.7 Å². The summed E-state index contributed by atoms with van der Waals surface area (Å²) in [4.78, 5) is 16.7. The average Bonchev–Trinajstić information content (AvgIpc) is 3.20. The molecule has 0 bridgehead atoms. The number of nitrogens with zero attached hydrogens (tertiary/aromatic N) is 4. The maximum atomic E-state index is 12.3. The number of aryl methyl sites for hydroxylation is 2. The number of carbonyl (C=O) groups is 1. The maximum Gasteiger partial charge on any atom is 0.227 e. The van der Waals surface area contributed by atoms with E-state index in [9.17, 15) is 4.79 Å². The molecular weight excluding hydrogens is 318 g/mol. The summed E-state index contributed by atoms with van der Waals surface area (Å²) in [5, 5.41) is 11.7. The predicted octanol–water partition coefficient (Wildman–Crippen LogP) is 3.10. The molecule has 0 aliphatic heterocycles. The lowest BCUT2D eigenvalue weighted by atomic mass is 9.93. The first-order valence-corrected chi connectivity index (χ1v) is 9.13. The standard InChI is InChI=1S/C18H27N5O2/c1-11(2)18-20-16(25-22-18)9-8-15(24)19-14-7-5-6-13-10-23(12(3)4)21-17(13)14/h10-12,14H,5-9H2,1-4H3,(H,19,24)/t14-/m1/s1. The molecule has 0 radical (unpaired) electrons. The zero-order chi connectivity index (χ0) is 18.0. The second-order valence-electron chi connectivity index (χ2n) is 7.33. The normalized spacial score (nSPS) is 17.1. The molecule has 0 saturated heterocycles. The van der Waals surface area contributed by atoms with Crippen molar-refractivity contribution >= 4 is 5.91 Å². The summed E-state index contributed by atoms with van der Waals surface area (Å²) >= 11 is 0. The molecule has 1 atom stereocenters. The Labute approximate surface area is 148 Å².